The highest BCUT2D eigenvalue weighted by atomic mass is 16.5. The van der Waals surface area contributed by atoms with Crippen molar-refractivity contribution in [2.75, 3.05) is 13.7 Å². The Bertz CT molecular complexity index is 1210. The van der Waals surface area contributed by atoms with Crippen LogP contribution in [0.25, 0.3) is 17.1 Å². The Labute approximate surface area is 181 Å². The molecular formula is C23H24N6O2. The van der Waals surface area contributed by atoms with Crippen LogP contribution in [0.4, 0.5) is 0 Å². The molecule has 0 bridgehead atoms. The van der Waals surface area contributed by atoms with Gasteiger partial charge in [-0.3, -0.25) is 4.57 Å². The second-order valence-electron chi connectivity index (χ2n) is 8.27. The molecule has 0 aliphatic carbocycles. The van der Waals surface area contributed by atoms with E-state index in [9.17, 15) is 0 Å². The van der Waals surface area contributed by atoms with Gasteiger partial charge in [0, 0.05) is 18.2 Å². The molecule has 0 amide bonds. The smallest absolute Gasteiger partial charge is 0.237 e. The monoisotopic (exact) mass is 416 g/mol. The molecule has 2 aliphatic rings. The molecule has 1 aromatic carbocycles. The van der Waals surface area contributed by atoms with E-state index in [4.69, 9.17) is 25.9 Å². The first-order valence-corrected chi connectivity index (χ1v) is 10.4. The second-order valence-corrected chi connectivity index (χ2v) is 8.27. The molecule has 0 N–H and O–H groups in total. The van der Waals surface area contributed by atoms with Crippen molar-refractivity contribution in [2.45, 2.75) is 39.5 Å². The SMILES string of the molecule is C#Cc1ccc2c(c1)-c1nnc(COC)n1Cc1c(C3=N[C@H](CC(C)C)CO3)ncn1-2. The van der Waals surface area contributed by atoms with Crippen LogP contribution in [0.2, 0.25) is 0 Å². The van der Waals surface area contributed by atoms with Crippen LogP contribution in [0, 0.1) is 18.3 Å². The van der Waals surface area contributed by atoms with Gasteiger partial charge in [-0.05, 0) is 30.5 Å². The predicted octanol–water partition coefficient (Wildman–Crippen LogP) is 2.81. The molecule has 2 aliphatic heterocycles. The summed E-state index contributed by atoms with van der Waals surface area (Å²) < 4.78 is 15.4. The molecule has 31 heavy (non-hydrogen) atoms. The average molecular weight is 416 g/mol. The fraction of sp³-hybridized carbons (Fsp3) is 0.391. The number of rotatable bonds is 5. The molecule has 1 atom stereocenters. The maximum absolute atomic E-state index is 5.97. The van der Waals surface area contributed by atoms with Crippen molar-refractivity contribution in [3.05, 3.63) is 47.3 Å². The van der Waals surface area contributed by atoms with E-state index < -0.39 is 0 Å². The summed E-state index contributed by atoms with van der Waals surface area (Å²) in [6.07, 6.45) is 8.47. The number of aromatic nitrogens is 5. The number of hydrogen-bond donors (Lipinski definition) is 0. The Morgan fingerprint density at radius 2 is 2.19 bits per heavy atom. The zero-order valence-electron chi connectivity index (χ0n) is 17.9. The summed E-state index contributed by atoms with van der Waals surface area (Å²) in [4.78, 5) is 9.51. The van der Waals surface area contributed by atoms with Crippen molar-refractivity contribution < 1.29 is 9.47 Å². The van der Waals surface area contributed by atoms with E-state index in [1.165, 1.54) is 0 Å². The molecule has 3 aromatic rings. The minimum Gasteiger partial charge on any atom is -0.474 e. The minimum absolute atomic E-state index is 0.165. The third-order valence-corrected chi connectivity index (χ3v) is 5.60. The van der Waals surface area contributed by atoms with Crippen LogP contribution in [-0.4, -0.2) is 50.0 Å². The number of aliphatic imine (C=N–C) groups is 1. The van der Waals surface area contributed by atoms with Crippen molar-refractivity contribution in [1.82, 2.24) is 24.3 Å². The summed E-state index contributed by atoms with van der Waals surface area (Å²) >= 11 is 0. The molecule has 158 valence electrons. The Hall–Kier alpha value is -3.44. The summed E-state index contributed by atoms with van der Waals surface area (Å²) in [5.74, 6) is 5.36. The van der Waals surface area contributed by atoms with Crippen molar-refractivity contribution in [3.63, 3.8) is 0 Å². The zero-order chi connectivity index (χ0) is 21.5. The second kappa shape index (κ2) is 7.67. The van der Waals surface area contributed by atoms with Crippen molar-refractivity contribution >= 4 is 5.90 Å². The number of terminal acetylenes is 1. The fourth-order valence-corrected chi connectivity index (χ4v) is 4.22. The van der Waals surface area contributed by atoms with Crippen LogP contribution in [0.5, 0.6) is 0 Å². The Kier molecular flexibility index (Phi) is 4.83. The van der Waals surface area contributed by atoms with Crippen molar-refractivity contribution in [1.29, 1.82) is 0 Å². The van der Waals surface area contributed by atoms with Gasteiger partial charge in [0.2, 0.25) is 5.90 Å². The number of fused-ring (bicyclic) bond motifs is 5. The van der Waals surface area contributed by atoms with Gasteiger partial charge in [0.15, 0.2) is 11.6 Å². The molecule has 8 nitrogen and oxygen atoms in total. The number of methoxy groups -OCH3 is 1. The van der Waals surface area contributed by atoms with Gasteiger partial charge < -0.3 is 14.0 Å². The average Bonchev–Trinajstić information content (AvgIpc) is 3.46. The lowest BCUT2D eigenvalue weighted by atomic mass is 10.1. The number of benzene rings is 1. The van der Waals surface area contributed by atoms with Gasteiger partial charge in [-0.2, -0.15) is 0 Å². The fourth-order valence-electron chi connectivity index (χ4n) is 4.22. The number of nitrogens with zero attached hydrogens (tertiary/aromatic N) is 6. The Morgan fingerprint density at radius 1 is 1.32 bits per heavy atom. The molecule has 2 aromatic heterocycles. The van der Waals surface area contributed by atoms with E-state index in [0.717, 1.165) is 46.3 Å². The van der Waals surface area contributed by atoms with Gasteiger partial charge in [0.25, 0.3) is 0 Å². The van der Waals surface area contributed by atoms with Crippen LogP contribution in [0.15, 0.2) is 29.5 Å². The summed E-state index contributed by atoms with van der Waals surface area (Å²) in [7, 11) is 1.65. The standard InChI is InChI=1S/C23H24N6O2/c1-5-15-6-7-18-17(9-15)22-27-26-20(12-30-4)28(22)10-19-21(24-13-29(18)19)23-25-16(11-31-23)8-14(2)3/h1,6-7,9,13-14,16H,8,10-12H2,2-4H3/t16-/m1/s1. The highest BCUT2D eigenvalue weighted by Crippen LogP contribution is 2.34. The van der Waals surface area contributed by atoms with Crippen LogP contribution in [-0.2, 0) is 22.6 Å². The largest absolute Gasteiger partial charge is 0.474 e. The quantitative estimate of drug-likeness (QED) is 0.468. The Morgan fingerprint density at radius 3 is 2.97 bits per heavy atom. The van der Waals surface area contributed by atoms with Crippen LogP contribution < -0.4 is 0 Å². The minimum atomic E-state index is 0.165. The maximum Gasteiger partial charge on any atom is 0.237 e. The number of imidazole rings is 1. The lowest BCUT2D eigenvalue weighted by Crippen LogP contribution is -2.13. The van der Waals surface area contributed by atoms with Gasteiger partial charge in [-0.15, -0.1) is 16.6 Å². The predicted molar refractivity (Wildman–Crippen MR) is 116 cm³/mol. The third kappa shape index (κ3) is 3.31. The number of ether oxygens (including phenoxy) is 2. The molecule has 0 radical (unpaired) electrons. The van der Waals surface area contributed by atoms with Gasteiger partial charge in [0.05, 0.1) is 24.0 Å². The van der Waals surface area contributed by atoms with E-state index >= 15 is 0 Å². The van der Waals surface area contributed by atoms with E-state index in [2.05, 4.69) is 34.5 Å². The molecule has 8 heteroatoms. The van der Waals surface area contributed by atoms with Crippen molar-refractivity contribution in [3.8, 4) is 29.4 Å². The number of hydrogen-bond acceptors (Lipinski definition) is 6. The van der Waals surface area contributed by atoms with Gasteiger partial charge >= 0.3 is 0 Å². The van der Waals surface area contributed by atoms with Crippen LogP contribution >= 0.6 is 0 Å². The third-order valence-electron chi connectivity index (χ3n) is 5.60. The first kappa shape index (κ1) is 19.5. The molecule has 4 heterocycles. The molecular weight excluding hydrogens is 392 g/mol. The zero-order valence-corrected chi connectivity index (χ0v) is 17.9. The van der Waals surface area contributed by atoms with E-state index in [0.29, 0.717) is 31.6 Å². The molecule has 0 saturated heterocycles. The van der Waals surface area contributed by atoms with Crippen LogP contribution in [0.3, 0.4) is 0 Å². The van der Waals surface area contributed by atoms with E-state index in [1.54, 1.807) is 7.11 Å². The molecule has 5 rings (SSSR count). The Balaban J connectivity index is 1.66. The van der Waals surface area contributed by atoms with Gasteiger partial charge in [0.1, 0.15) is 25.2 Å². The molecule has 0 spiro atoms. The van der Waals surface area contributed by atoms with Gasteiger partial charge in [-0.1, -0.05) is 19.8 Å². The van der Waals surface area contributed by atoms with Crippen molar-refractivity contribution in [2.24, 2.45) is 10.9 Å². The highest BCUT2D eigenvalue weighted by molar-refractivity contribution is 5.95. The normalized spacial score (nSPS) is 16.7. The maximum atomic E-state index is 5.97. The topological polar surface area (TPSA) is 79.3 Å². The molecule has 0 unspecified atom stereocenters. The lowest BCUT2D eigenvalue weighted by molar-refractivity contribution is 0.174. The van der Waals surface area contributed by atoms with E-state index in [-0.39, 0.29) is 6.04 Å². The lowest BCUT2D eigenvalue weighted by Gasteiger charge is -2.09. The summed E-state index contributed by atoms with van der Waals surface area (Å²) in [5.41, 5.74) is 4.35. The first-order chi connectivity index (χ1) is 15.1. The summed E-state index contributed by atoms with van der Waals surface area (Å²) in [5, 5.41) is 8.81. The molecule has 0 fully saturated rings. The summed E-state index contributed by atoms with van der Waals surface area (Å²) in [6.45, 7) is 5.86. The van der Waals surface area contributed by atoms with Crippen LogP contribution in [0.1, 0.15) is 43.0 Å². The first-order valence-electron chi connectivity index (χ1n) is 10.4. The molecule has 0 saturated carbocycles. The van der Waals surface area contributed by atoms with Gasteiger partial charge in [-0.25, -0.2) is 9.98 Å². The summed E-state index contributed by atoms with van der Waals surface area (Å²) in [6, 6.07) is 6.05. The van der Waals surface area contributed by atoms with E-state index in [1.807, 2.05) is 29.1 Å². The highest BCUT2D eigenvalue weighted by Gasteiger charge is 2.30.